The van der Waals surface area contributed by atoms with Crippen molar-refractivity contribution in [1.29, 1.82) is 0 Å². The molecule has 25 heavy (non-hydrogen) atoms. The Labute approximate surface area is 149 Å². The van der Waals surface area contributed by atoms with Crippen molar-refractivity contribution in [1.82, 2.24) is 10.2 Å². The van der Waals surface area contributed by atoms with Crippen LogP contribution in [0.25, 0.3) is 0 Å². The van der Waals surface area contributed by atoms with E-state index in [0.717, 1.165) is 16.9 Å². The van der Waals surface area contributed by atoms with Gasteiger partial charge in [-0.3, -0.25) is 0 Å². The number of aromatic nitrogens is 2. The maximum absolute atomic E-state index is 13.4. The Morgan fingerprint density at radius 2 is 1.84 bits per heavy atom. The largest absolute Gasteiger partial charge is 0.497 e. The van der Waals surface area contributed by atoms with E-state index in [1.54, 1.807) is 20.3 Å². The molecule has 0 atom stereocenters. The summed E-state index contributed by atoms with van der Waals surface area (Å²) in [7, 11) is 3.19. The normalized spacial score (nSPS) is 10.7. The van der Waals surface area contributed by atoms with Crippen molar-refractivity contribution in [2.24, 2.45) is 0 Å². The highest BCUT2D eigenvalue weighted by Crippen LogP contribution is 2.28. The Balaban J connectivity index is 1.62. The molecule has 0 aliphatic rings. The average molecular weight is 360 g/mol. The molecule has 0 fully saturated rings. The topological polar surface area (TPSA) is 57.4 Å². The molecule has 0 spiro atoms. The average Bonchev–Trinajstić information content (AvgIpc) is 3.08. The van der Waals surface area contributed by atoms with Gasteiger partial charge in [0.15, 0.2) is 0 Å². The number of ether oxygens (including phenoxy) is 2. The molecular weight excluding hydrogens is 343 g/mol. The van der Waals surface area contributed by atoms with E-state index in [2.05, 4.69) is 10.2 Å². The molecule has 0 saturated carbocycles. The maximum atomic E-state index is 13.4. The van der Waals surface area contributed by atoms with Gasteiger partial charge in [-0.15, -0.1) is 10.2 Å². The number of methoxy groups -OCH3 is 2. The van der Waals surface area contributed by atoms with Gasteiger partial charge in [0.1, 0.15) is 17.3 Å². The fourth-order valence-corrected chi connectivity index (χ4v) is 3.04. The van der Waals surface area contributed by atoms with Crippen LogP contribution < -0.4 is 9.47 Å². The van der Waals surface area contributed by atoms with Crippen LogP contribution in [0.1, 0.15) is 17.0 Å². The summed E-state index contributed by atoms with van der Waals surface area (Å²) in [6.45, 7) is 0. The number of thioether (sulfide) groups is 1. The predicted octanol–water partition coefficient (Wildman–Crippen LogP) is 4.11. The van der Waals surface area contributed by atoms with Crippen molar-refractivity contribution >= 4 is 11.8 Å². The summed E-state index contributed by atoms with van der Waals surface area (Å²) in [4.78, 5) is 0. The van der Waals surface area contributed by atoms with Gasteiger partial charge in [-0.1, -0.05) is 23.9 Å². The van der Waals surface area contributed by atoms with Crippen molar-refractivity contribution in [3.05, 3.63) is 65.3 Å². The lowest BCUT2D eigenvalue weighted by Crippen LogP contribution is -1.91. The zero-order valence-electron chi connectivity index (χ0n) is 13.9. The molecule has 0 aliphatic heterocycles. The third-order valence-electron chi connectivity index (χ3n) is 3.56. The minimum atomic E-state index is -0.304. The summed E-state index contributed by atoms with van der Waals surface area (Å²) in [6.07, 6.45) is 0.543. The van der Waals surface area contributed by atoms with Gasteiger partial charge >= 0.3 is 0 Å². The predicted molar refractivity (Wildman–Crippen MR) is 92.6 cm³/mol. The van der Waals surface area contributed by atoms with Crippen LogP contribution in [0.3, 0.4) is 0 Å². The van der Waals surface area contributed by atoms with Gasteiger partial charge in [0, 0.05) is 11.3 Å². The molecule has 0 saturated heterocycles. The first kappa shape index (κ1) is 17.3. The number of rotatable bonds is 7. The molecule has 130 valence electrons. The molecule has 0 N–H and O–H groups in total. The SMILES string of the molecule is COc1ccc(Cc2nnc(SCc3cc(F)ccc3OC)o2)cc1. The van der Waals surface area contributed by atoms with E-state index in [9.17, 15) is 4.39 Å². The minimum Gasteiger partial charge on any atom is -0.497 e. The monoisotopic (exact) mass is 360 g/mol. The first-order chi connectivity index (χ1) is 12.2. The summed E-state index contributed by atoms with van der Waals surface area (Å²) < 4.78 is 29.4. The second kappa shape index (κ2) is 8.02. The third kappa shape index (κ3) is 4.51. The van der Waals surface area contributed by atoms with E-state index in [-0.39, 0.29) is 5.82 Å². The lowest BCUT2D eigenvalue weighted by Gasteiger charge is -2.06. The van der Waals surface area contributed by atoms with Gasteiger partial charge in [0.25, 0.3) is 5.22 Å². The standard InChI is InChI=1S/C18H17FN2O3S/c1-22-15-6-3-12(4-7-15)9-17-20-21-18(24-17)25-11-13-10-14(19)5-8-16(13)23-2/h3-8,10H,9,11H2,1-2H3. The first-order valence-corrected chi connectivity index (χ1v) is 8.57. The first-order valence-electron chi connectivity index (χ1n) is 7.58. The minimum absolute atomic E-state index is 0.304. The number of hydrogen-bond donors (Lipinski definition) is 0. The highest BCUT2D eigenvalue weighted by molar-refractivity contribution is 7.98. The van der Waals surface area contributed by atoms with E-state index < -0.39 is 0 Å². The van der Waals surface area contributed by atoms with Crippen LogP contribution in [-0.2, 0) is 12.2 Å². The van der Waals surface area contributed by atoms with Gasteiger partial charge in [-0.25, -0.2) is 4.39 Å². The molecular formula is C18H17FN2O3S. The van der Waals surface area contributed by atoms with Crippen LogP contribution in [0.2, 0.25) is 0 Å². The summed E-state index contributed by atoms with van der Waals surface area (Å²) in [5.41, 5.74) is 1.79. The molecule has 0 bridgehead atoms. The lowest BCUT2D eigenvalue weighted by atomic mass is 10.1. The Morgan fingerprint density at radius 3 is 2.56 bits per heavy atom. The van der Waals surface area contributed by atoms with E-state index >= 15 is 0 Å². The smallest absolute Gasteiger partial charge is 0.276 e. The molecule has 0 unspecified atom stereocenters. The van der Waals surface area contributed by atoms with Crippen molar-refractivity contribution in [3.63, 3.8) is 0 Å². The van der Waals surface area contributed by atoms with Gasteiger partial charge in [-0.05, 0) is 35.9 Å². The molecule has 1 aromatic heterocycles. The van der Waals surface area contributed by atoms with Crippen LogP contribution in [0, 0.1) is 5.82 Å². The molecule has 0 amide bonds. The number of benzene rings is 2. The maximum Gasteiger partial charge on any atom is 0.276 e. The zero-order chi connectivity index (χ0) is 17.6. The quantitative estimate of drug-likeness (QED) is 0.591. The summed E-state index contributed by atoms with van der Waals surface area (Å²) in [5, 5.41) is 8.52. The molecule has 2 aromatic carbocycles. The molecule has 0 radical (unpaired) electrons. The van der Waals surface area contributed by atoms with Crippen LogP contribution in [0.4, 0.5) is 4.39 Å². The Bertz CT molecular complexity index is 837. The van der Waals surface area contributed by atoms with Gasteiger partial charge in [0.05, 0.1) is 20.6 Å². The van der Waals surface area contributed by atoms with Gasteiger partial charge < -0.3 is 13.9 Å². The lowest BCUT2D eigenvalue weighted by molar-refractivity contribution is 0.409. The second-order valence-electron chi connectivity index (χ2n) is 5.23. The molecule has 0 aliphatic carbocycles. The summed E-state index contributed by atoms with van der Waals surface area (Å²) >= 11 is 1.34. The highest BCUT2D eigenvalue weighted by atomic mass is 32.2. The van der Waals surface area contributed by atoms with Crippen LogP contribution in [0.15, 0.2) is 52.1 Å². The fourth-order valence-electron chi connectivity index (χ4n) is 2.29. The van der Waals surface area contributed by atoms with Crippen molar-refractivity contribution in [3.8, 4) is 11.5 Å². The number of halogens is 1. The Kier molecular flexibility index (Phi) is 5.55. The number of nitrogens with zero attached hydrogens (tertiary/aromatic N) is 2. The molecule has 1 heterocycles. The highest BCUT2D eigenvalue weighted by Gasteiger charge is 2.11. The van der Waals surface area contributed by atoms with E-state index in [1.165, 1.54) is 23.9 Å². The van der Waals surface area contributed by atoms with E-state index in [1.807, 2.05) is 24.3 Å². The van der Waals surface area contributed by atoms with Crippen LogP contribution in [-0.4, -0.2) is 24.4 Å². The third-order valence-corrected chi connectivity index (χ3v) is 4.42. The summed E-state index contributed by atoms with van der Waals surface area (Å²) in [6, 6.07) is 12.1. The molecule has 5 nitrogen and oxygen atoms in total. The Morgan fingerprint density at radius 1 is 1.04 bits per heavy atom. The van der Waals surface area contributed by atoms with E-state index in [0.29, 0.717) is 29.0 Å². The second-order valence-corrected chi connectivity index (χ2v) is 6.16. The van der Waals surface area contributed by atoms with E-state index in [4.69, 9.17) is 13.9 Å². The van der Waals surface area contributed by atoms with Gasteiger partial charge in [0.2, 0.25) is 5.89 Å². The Hall–Kier alpha value is -2.54. The number of hydrogen-bond acceptors (Lipinski definition) is 6. The fraction of sp³-hybridized carbons (Fsp3) is 0.222. The van der Waals surface area contributed by atoms with Crippen molar-refractivity contribution < 1.29 is 18.3 Å². The van der Waals surface area contributed by atoms with Crippen LogP contribution >= 0.6 is 11.8 Å². The van der Waals surface area contributed by atoms with Crippen molar-refractivity contribution in [2.75, 3.05) is 14.2 Å². The van der Waals surface area contributed by atoms with Crippen LogP contribution in [0.5, 0.6) is 11.5 Å². The molecule has 3 aromatic rings. The molecule has 3 rings (SSSR count). The van der Waals surface area contributed by atoms with Gasteiger partial charge in [-0.2, -0.15) is 0 Å². The molecule has 7 heteroatoms. The summed E-state index contributed by atoms with van der Waals surface area (Å²) in [5.74, 6) is 2.13. The van der Waals surface area contributed by atoms with Crippen molar-refractivity contribution in [2.45, 2.75) is 17.4 Å². The zero-order valence-corrected chi connectivity index (χ0v) is 14.7.